The van der Waals surface area contributed by atoms with Crippen molar-refractivity contribution in [2.24, 2.45) is 0 Å². The Morgan fingerprint density at radius 2 is 1.93 bits per heavy atom. The van der Waals surface area contributed by atoms with Gasteiger partial charge in [0.25, 0.3) is 5.91 Å². The summed E-state index contributed by atoms with van der Waals surface area (Å²) in [5.74, 6) is 0.433. The molecule has 1 saturated heterocycles. The molecule has 0 saturated carbocycles. The fourth-order valence-electron chi connectivity index (χ4n) is 3.11. The second kappa shape index (κ2) is 9.06. The number of methoxy groups -OCH3 is 1. The number of rotatable bonds is 6. The van der Waals surface area contributed by atoms with E-state index in [2.05, 4.69) is 16.8 Å². The van der Waals surface area contributed by atoms with Crippen molar-refractivity contribution < 1.29 is 14.3 Å². The summed E-state index contributed by atoms with van der Waals surface area (Å²) in [6.07, 6.45) is 1.60. The van der Waals surface area contributed by atoms with E-state index >= 15 is 0 Å². The van der Waals surface area contributed by atoms with Gasteiger partial charge in [-0.25, -0.2) is 4.98 Å². The van der Waals surface area contributed by atoms with Crippen LogP contribution in [0.1, 0.15) is 15.9 Å². The summed E-state index contributed by atoms with van der Waals surface area (Å²) in [4.78, 5) is 21.1. The van der Waals surface area contributed by atoms with E-state index in [4.69, 9.17) is 21.1 Å². The van der Waals surface area contributed by atoms with Crippen LogP contribution in [-0.2, 0) is 4.74 Å². The number of benzene rings is 1. The Kier molecular flexibility index (Phi) is 6.53. The number of halogens is 1. The molecule has 0 atom stereocenters. The molecule has 144 valence electrons. The maximum atomic E-state index is 12.8. The third kappa shape index (κ3) is 4.90. The summed E-state index contributed by atoms with van der Waals surface area (Å²) >= 11 is 6.14. The smallest absolute Gasteiger partial charge is 0.254 e. The molecule has 1 aromatic heterocycles. The summed E-state index contributed by atoms with van der Waals surface area (Å²) < 4.78 is 10.5. The second-order valence-corrected chi connectivity index (χ2v) is 6.87. The van der Waals surface area contributed by atoms with Crippen molar-refractivity contribution in [3.05, 3.63) is 52.7 Å². The third-order valence-electron chi connectivity index (χ3n) is 4.60. The molecular formula is C20H24ClN3O3. The van der Waals surface area contributed by atoms with Crippen LogP contribution < -0.4 is 9.64 Å². The summed E-state index contributed by atoms with van der Waals surface area (Å²) in [6.45, 7) is 5.82. The van der Waals surface area contributed by atoms with E-state index in [1.807, 2.05) is 23.1 Å². The average molecular weight is 390 g/mol. The number of hydrogen-bond donors (Lipinski definition) is 0. The van der Waals surface area contributed by atoms with Crippen LogP contribution in [0, 0.1) is 6.92 Å². The molecule has 1 amide bonds. The SMILES string of the molecule is COCCOc1cc(C(=O)N2CCN(c3cc(Cl)ccc3C)CC2)ccn1. The van der Waals surface area contributed by atoms with Crippen molar-refractivity contribution in [3.63, 3.8) is 0 Å². The van der Waals surface area contributed by atoms with E-state index in [9.17, 15) is 4.79 Å². The Balaban J connectivity index is 1.61. The number of pyridine rings is 1. The van der Waals surface area contributed by atoms with E-state index in [0.717, 1.165) is 23.8 Å². The lowest BCUT2D eigenvalue weighted by molar-refractivity contribution is 0.0746. The molecule has 0 aliphatic carbocycles. The minimum atomic E-state index is -0.00328. The highest BCUT2D eigenvalue weighted by Crippen LogP contribution is 2.25. The summed E-state index contributed by atoms with van der Waals surface area (Å²) in [6, 6.07) is 9.32. The molecule has 1 aliphatic heterocycles. The molecule has 3 rings (SSSR count). The van der Waals surface area contributed by atoms with Gasteiger partial charge >= 0.3 is 0 Å². The number of piperazine rings is 1. The largest absolute Gasteiger partial charge is 0.475 e. The van der Waals surface area contributed by atoms with Crippen LogP contribution >= 0.6 is 11.6 Å². The van der Waals surface area contributed by atoms with E-state index in [0.29, 0.717) is 37.7 Å². The number of anilines is 1. The van der Waals surface area contributed by atoms with Crippen LogP contribution in [0.4, 0.5) is 5.69 Å². The molecule has 6 nitrogen and oxygen atoms in total. The Morgan fingerprint density at radius 1 is 1.15 bits per heavy atom. The monoisotopic (exact) mass is 389 g/mol. The van der Waals surface area contributed by atoms with E-state index in [1.165, 1.54) is 5.56 Å². The van der Waals surface area contributed by atoms with Gasteiger partial charge in [-0.05, 0) is 30.7 Å². The number of aromatic nitrogens is 1. The van der Waals surface area contributed by atoms with Gasteiger partial charge in [0.2, 0.25) is 5.88 Å². The van der Waals surface area contributed by atoms with E-state index in [1.54, 1.807) is 25.4 Å². The third-order valence-corrected chi connectivity index (χ3v) is 4.83. The lowest BCUT2D eigenvalue weighted by Gasteiger charge is -2.37. The van der Waals surface area contributed by atoms with Crippen molar-refractivity contribution in [1.29, 1.82) is 0 Å². The van der Waals surface area contributed by atoms with Crippen molar-refractivity contribution in [2.45, 2.75) is 6.92 Å². The molecule has 2 heterocycles. The zero-order valence-corrected chi connectivity index (χ0v) is 16.4. The van der Waals surface area contributed by atoms with Gasteiger partial charge in [0.05, 0.1) is 6.61 Å². The van der Waals surface area contributed by atoms with Crippen LogP contribution in [-0.4, -0.2) is 62.3 Å². The molecule has 27 heavy (non-hydrogen) atoms. The first-order valence-corrected chi connectivity index (χ1v) is 9.34. The number of amides is 1. The van der Waals surface area contributed by atoms with Crippen LogP contribution in [0.15, 0.2) is 36.5 Å². The van der Waals surface area contributed by atoms with Gasteiger partial charge in [0, 0.05) is 61.8 Å². The van der Waals surface area contributed by atoms with E-state index in [-0.39, 0.29) is 5.91 Å². The van der Waals surface area contributed by atoms with Crippen LogP contribution in [0.3, 0.4) is 0 Å². The van der Waals surface area contributed by atoms with Gasteiger partial charge in [-0.2, -0.15) is 0 Å². The van der Waals surface area contributed by atoms with Crippen LogP contribution in [0.2, 0.25) is 5.02 Å². The standard InChI is InChI=1S/C20H24ClN3O3/c1-15-3-4-17(21)14-18(15)23-7-9-24(10-8-23)20(25)16-5-6-22-19(13-16)27-12-11-26-2/h3-6,13-14H,7-12H2,1-2H3. The van der Waals surface area contributed by atoms with Crippen molar-refractivity contribution >= 4 is 23.2 Å². The Hall–Kier alpha value is -2.31. The highest BCUT2D eigenvalue weighted by molar-refractivity contribution is 6.30. The van der Waals surface area contributed by atoms with Crippen LogP contribution in [0.5, 0.6) is 5.88 Å². The molecule has 1 fully saturated rings. The Bertz CT molecular complexity index is 792. The zero-order chi connectivity index (χ0) is 19.2. The number of hydrogen-bond acceptors (Lipinski definition) is 5. The van der Waals surface area contributed by atoms with Gasteiger partial charge in [-0.15, -0.1) is 0 Å². The average Bonchev–Trinajstić information content (AvgIpc) is 2.70. The normalized spacial score (nSPS) is 14.3. The number of carbonyl (C=O) groups excluding carboxylic acids is 1. The predicted molar refractivity (Wildman–Crippen MR) is 106 cm³/mol. The van der Waals surface area contributed by atoms with Crippen molar-refractivity contribution in [3.8, 4) is 5.88 Å². The lowest BCUT2D eigenvalue weighted by Crippen LogP contribution is -2.49. The topological polar surface area (TPSA) is 54.9 Å². The fraction of sp³-hybridized carbons (Fsp3) is 0.400. The lowest BCUT2D eigenvalue weighted by atomic mass is 10.1. The molecule has 1 aliphatic rings. The Morgan fingerprint density at radius 3 is 2.67 bits per heavy atom. The molecule has 1 aromatic carbocycles. The molecule has 2 aromatic rings. The second-order valence-electron chi connectivity index (χ2n) is 6.43. The molecule has 0 unspecified atom stereocenters. The summed E-state index contributed by atoms with van der Waals surface area (Å²) in [5.41, 5.74) is 2.91. The summed E-state index contributed by atoms with van der Waals surface area (Å²) in [7, 11) is 1.61. The predicted octanol–water partition coefficient (Wildman–Crippen LogP) is 3.03. The minimum Gasteiger partial charge on any atom is -0.475 e. The number of aryl methyl sites for hydroxylation is 1. The first-order valence-electron chi connectivity index (χ1n) is 8.96. The molecule has 0 radical (unpaired) electrons. The first-order chi connectivity index (χ1) is 13.1. The minimum absolute atomic E-state index is 0.00328. The van der Waals surface area contributed by atoms with Gasteiger partial charge in [0.15, 0.2) is 0 Å². The van der Waals surface area contributed by atoms with Gasteiger partial charge in [-0.1, -0.05) is 17.7 Å². The highest BCUT2D eigenvalue weighted by atomic mass is 35.5. The molecule has 0 bridgehead atoms. The molecule has 7 heteroatoms. The number of ether oxygens (including phenoxy) is 2. The zero-order valence-electron chi connectivity index (χ0n) is 15.7. The van der Waals surface area contributed by atoms with Crippen molar-refractivity contribution in [1.82, 2.24) is 9.88 Å². The maximum absolute atomic E-state index is 12.8. The van der Waals surface area contributed by atoms with Crippen LogP contribution in [0.25, 0.3) is 0 Å². The summed E-state index contributed by atoms with van der Waals surface area (Å²) in [5, 5.41) is 0.729. The fourth-order valence-corrected chi connectivity index (χ4v) is 3.27. The number of nitrogens with zero attached hydrogens (tertiary/aromatic N) is 3. The van der Waals surface area contributed by atoms with Crippen molar-refractivity contribution in [2.75, 3.05) is 51.4 Å². The maximum Gasteiger partial charge on any atom is 0.254 e. The number of carbonyl (C=O) groups is 1. The molecular weight excluding hydrogens is 366 g/mol. The van der Waals surface area contributed by atoms with Gasteiger partial charge in [0.1, 0.15) is 6.61 Å². The Labute approximate surface area is 164 Å². The van der Waals surface area contributed by atoms with Gasteiger partial charge in [-0.3, -0.25) is 4.79 Å². The van der Waals surface area contributed by atoms with Gasteiger partial charge < -0.3 is 19.3 Å². The first kappa shape index (κ1) is 19.5. The molecule has 0 N–H and O–H groups in total. The highest BCUT2D eigenvalue weighted by Gasteiger charge is 2.23. The quantitative estimate of drug-likeness (QED) is 0.711. The van der Waals surface area contributed by atoms with E-state index < -0.39 is 0 Å². The molecule has 0 spiro atoms.